The molecule has 0 bridgehead atoms. The first kappa shape index (κ1) is 56.9. The van der Waals surface area contributed by atoms with Crippen LogP contribution in [-0.2, 0) is 30.9 Å². The molecule has 0 aliphatic rings. The molecule has 5 nitrogen and oxygen atoms in total. The molecular formula is C68H36F15N5. The molecule has 0 N–H and O–H groups in total. The van der Waals surface area contributed by atoms with Crippen LogP contribution in [0.5, 0.6) is 0 Å². The monoisotopic (exact) mass is 1210 g/mol. The molecule has 3 heterocycles. The third kappa shape index (κ3) is 10.3. The summed E-state index contributed by atoms with van der Waals surface area (Å²) in [7, 11) is 0. The van der Waals surface area contributed by atoms with Crippen molar-refractivity contribution in [2.45, 2.75) is 30.9 Å². The second-order valence-corrected chi connectivity index (χ2v) is 20.7. The van der Waals surface area contributed by atoms with E-state index in [9.17, 15) is 52.7 Å². The summed E-state index contributed by atoms with van der Waals surface area (Å²) in [5.74, 6) is 0.430. The number of nitrogens with zero attached hydrogens (tertiary/aromatic N) is 5. The predicted molar refractivity (Wildman–Crippen MR) is 306 cm³/mol. The lowest BCUT2D eigenvalue weighted by atomic mass is 9.93. The van der Waals surface area contributed by atoms with Gasteiger partial charge < -0.3 is 9.13 Å². The molecule has 10 aromatic carbocycles. The van der Waals surface area contributed by atoms with Gasteiger partial charge in [-0.2, -0.15) is 65.9 Å². The van der Waals surface area contributed by atoms with Gasteiger partial charge in [0.05, 0.1) is 61.3 Å². The van der Waals surface area contributed by atoms with E-state index >= 15 is 13.2 Å². The van der Waals surface area contributed by atoms with Crippen LogP contribution < -0.4 is 0 Å². The van der Waals surface area contributed by atoms with Crippen LogP contribution in [0, 0.1) is 0 Å². The van der Waals surface area contributed by atoms with Gasteiger partial charge in [-0.3, -0.25) is 0 Å². The fourth-order valence-electron chi connectivity index (χ4n) is 11.3. The molecule has 0 atom stereocenters. The second kappa shape index (κ2) is 20.7. The van der Waals surface area contributed by atoms with Gasteiger partial charge in [0.1, 0.15) is 0 Å². The number of para-hydroxylation sites is 2. The van der Waals surface area contributed by atoms with Crippen molar-refractivity contribution in [3.63, 3.8) is 0 Å². The van der Waals surface area contributed by atoms with E-state index in [1.54, 1.807) is 126 Å². The summed E-state index contributed by atoms with van der Waals surface area (Å²) in [4.78, 5) is 14.6. The maximum Gasteiger partial charge on any atom is 0.417 e. The number of rotatable bonds is 8. The van der Waals surface area contributed by atoms with Crippen molar-refractivity contribution in [1.82, 2.24) is 24.1 Å². The highest BCUT2D eigenvalue weighted by atomic mass is 19.4. The van der Waals surface area contributed by atoms with Crippen LogP contribution in [0.2, 0.25) is 0 Å². The normalized spacial score (nSPS) is 12.7. The molecular weight excluding hydrogens is 1170 g/mol. The van der Waals surface area contributed by atoms with Crippen LogP contribution in [0.4, 0.5) is 65.9 Å². The standard InChI is InChI=1S/C68H36F15N5/c69-64(70,71)44-28-42(29-45(35-44)65(72,73)74)39-22-25-56-50(32-39)48-16-7-9-19-54(48)87(56)58-27-24-41(63-85-61(37-12-3-1-4-13-37)84-62(86-63)38-14-5-2-6-15-38)34-52(58)60-53(68(81,82)83)18-11-21-59(60)88-55-20-10-8-17-49(55)51-33-40(23-26-57(51)88)43-30-46(66(75,76)77)36-47(31-43)67(78,79)80/h1-36H. The van der Waals surface area contributed by atoms with Crippen molar-refractivity contribution < 1.29 is 65.9 Å². The van der Waals surface area contributed by atoms with E-state index in [4.69, 9.17) is 15.0 Å². The average Bonchev–Trinajstić information content (AvgIpc) is 1.55. The van der Waals surface area contributed by atoms with Gasteiger partial charge in [-0.15, -0.1) is 0 Å². The molecule has 0 unspecified atom stereocenters. The minimum atomic E-state index is -5.18. The molecule has 0 saturated heterocycles. The lowest BCUT2D eigenvalue weighted by Gasteiger charge is -2.23. The van der Waals surface area contributed by atoms with E-state index in [0.29, 0.717) is 51.7 Å². The number of fused-ring (bicyclic) bond motifs is 6. The summed E-state index contributed by atoms with van der Waals surface area (Å²) in [6, 6.07) is 49.3. The first-order valence-corrected chi connectivity index (χ1v) is 26.7. The fourth-order valence-corrected chi connectivity index (χ4v) is 11.3. The smallest absolute Gasteiger partial charge is 0.309 e. The van der Waals surface area contributed by atoms with Crippen LogP contribution in [0.1, 0.15) is 27.8 Å². The van der Waals surface area contributed by atoms with E-state index in [1.165, 1.54) is 59.2 Å². The number of hydrogen-bond acceptors (Lipinski definition) is 3. The van der Waals surface area contributed by atoms with Crippen LogP contribution in [0.15, 0.2) is 218 Å². The summed E-state index contributed by atoms with van der Waals surface area (Å²) in [5.41, 5.74) is -6.57. The Bertz CT molecular complexity index is 4780. The van der Waals surface area contributed by atoms with Crippen molar-refractivity contribution in [2.75, 3.05) is 0 Å². The number of halogens is 15. The summed E-state index contributed by atoms with van der Waals surface area (Å²) < 4.78 is 223. The maximum absolute atomic E-state index is 16.4. The lowest BCUT2D eigenvalue weighted by molar-refractivity contribution is -0.144. The largest absolute Gasteiger partial charge is 0.417 e. The molecule has 88 heavy (non-hydrogen) atoms. The summed E-state index contributed by atoms with van der Waals surface area (Å²) in [5, 5.41) is 1.29. The Morgan fingerprint density at radius 1 is 0.250 bits per heavy atom. The lowest BCUT2D eigenvalue weighted by Crippen LogP contribution is -2.11. The highest BCUT2D eigenvalue weighted by Gasteiger charge is 2.40. The van der Waals surface area contributed by atoms with Crippen molar-refractivity contribution in [3.05, 3.63) is 246 Å². The number of aromatic nitrogens is 5. The zero-order valence-electron chi connectivity index (χ0n) is 44.7. The van der Waals surface area contributed by atoms with Crippen LogP contribution in [-0.4, -0.2) is 24.1 Å². The Hall–Kier alpha value is -10.2. The zero-order chi connectivity index (χ0) is 61.8. The Balaban J connectivity index is 1.11. The van der Waals surface area contributed by atoms with E-state index in [1.807, 2.05) is 0 Å². The molecule has 0 fully saturated rings. The van der Waals surface area contributed by atoms with Crippen molar-refractivity contribution >= 4 is 43.6 Å². The third-order valence-electron chi connectivity index (χ3n) is 15.2. The minimum absolute atomic E-state index is 0.00485. The highest BCUT2D eigenvalue weighted by molar-refractivity contribution is 6.13. The van der Waals surface area contributed by atoms with E-state index in [2.05, 4.69) is 0 Å². The van der Waals surface area contributed by atoms with Gasteiger partial charge in [0.15, 0.2) is 17.5 Å². The van der Waals surface area contributed by atoms with Gasteiger partial charge in [-0.25, -0.2) is 15.0 Å². The summed E-state index contributed by atoms with van der Waals surface area (Å²) in [6.45, 7) is 0. The molecule has 20 heteroatoms. The van der Waals surface area contributed by atoms with E-state index in [0.717, 1.165) is 6.07 Å². The first-order valence-electron chi connectivity index (χ1n) is 26.7. The molecule has 13 rings (SSSR count). The minimum Gasteiger partial charge on any atom is -0.309 e. The van der Waals surface area contributed by atoms with Gasteiger partial charge in [0, 0.05) is 49.4 Å². The summed E-state index contributed by atoms with van der Waals surface area (Å²) >= 11 is 0. The Kier molecular flexibility index (Phi) is 13.4. The van der Waals surface area contributed by atoms with Gasteiger partial charge in [-0.05, 0) is 125 Å². The number of alkyl halides is 15. The van der Waals surface area contributed by atoms with Gasteiger partial charge in [0.2, 0.25) is 0 Å². The zero-order valence-corrected chi connectivity index (χ0v) is 44.7. The second-order valence-electron chi connectivity index (χ2n) is 20.7. The Labute approximate surface area is 487 Å². The van der Waals surface area contributed by atoms with Crippen molar-refractivity contribution in [3.8, 4) is 78.9 Å². The Morgan fingerprint density at radius 3 is 1.05 bits per heavy atom. The maximum atomic E-state index is 16.4. The van der Waals surface area contributed by atoms with Crippen LogP contribution >= 0.6 is 0 Å². The predicted octanol–water partition coefficient (Wildman–Crippen LogP) is 21.2. The molecule has 3 aromatic heterocycles. The molecule has 438 valence electrons. The Morgan fingerprint density at radius 2 is 0.625 bits per heavy atom. The van der Waals surface area contributed by atoms with Gasteiger partial charge in [0.25, 0.3) is 0 Å². The topological polar surface area (TPSA) is 48.5 Å². The van der Waals surface area contributed by atoms with E-state index < -0.39 is 75.4 Å². The molecule has 0 saturated carbocycles. The molecule has 0 amide bonds. The molecule has 13 aromatic rings. The van der Waals surface area contributed by atoms with Gasteiger partial charge >= 0.3 is 30.9 Å². The molecule has 0 aliphatic carbocycles. The quantitative estimate of drug-likeness (QED) is 0.142. The summed E-state index contributed by atoms with van der Waals surface area (Å²) in [6.07, 6.45) is -25.8. The number of benzene rings is 10. The van der Waals surface area contributed by atoms with Crippen molar-refractivity contribution in [1.29, 1.82) is 0 Å². The highest BCUT2D eigenvalue weighted by Crippen LogP contribution is 2.49. The molecule has 0 aliphatic heterocycles. The van der Waals surface area contributed by atoms with E-state index in [-0.39, 0.29) is 90.6 Å². The van der Waals surface area contributed by atoms with Crippen LogP contribution in [0.3, 0.4) is 0 Å². The van der Waals surface area contributed by atoms with Gasteiger partial charge in [-0.1, -0.05) is 115 Å². The third-order valence-corrected chi connectivity index (χ3v) is 15.2. The fraction of sp³-hybridized carbons (Fsp3) is 0.0735. The number of hydrogen-bond donors (Lipinski definition) is 0. The average molecular weight is 1210 g/mol. The van der Waals surface area contributed by atoms with Crippen LogP contribution in [0.25, 0.3) is 123 Å². The molecule has 0 spiro atoms. The first-order chi connectivity index (χ1) is 41.8. The van der Waals surface area contributed by atoms with Crippen molar-refractivity contribution in [2.24, 2.45) is 0 Å². The SMILES string of the molecule is FC(F)(F)c1cc(-c2ccc3c(c2)c2ccccc2n3-c2ccc(-c3nc(-c4ccccc4)nc(-c4ccccc4)n3)cc2-c2c(-n3c4ccccc4c4cc(-c5cc(C(F)(F)F)cc(C(F)(F)F)c5)ccc43)cccc2C(F)(F)F)cc(C(F)(F)F)c1. The molecule has 0 radical (unpaired) electrons.